The minimum absolute atomic E-state index is 0.364. The number of hydrogen-bond acceptors (Lipinski definition) is 1. The van der Waals surface area contributed by atoms with Gasteiger partial charge in [-0.05, 0) is 31.1 Å². The molecule has 0 aromatic carbocycles. The molecule has 0 aromatic rings. The normalized spacial score (nSPS) is 24.3. The Hall–Kier alpha value is -0.480. The van der Waals surface area contributed by atoms with Gasteiger partial charge < -0.3 is 5.11 Å². The van der Waals surface area contributed by atoms with Crippen molar-refractivity contribution < 1.29 is 5.11 Å². The van der Waals surface area contributed by atoms with Crippen molar-refractivity contribution in [3.05, 3.63) is 0 Å². The van der Waals surface area contributed by atoms with E-state index in [0.29, 0.717) is 0 Å². The van der Waals surface area contributed by atoms with Crippen LogP contribution in [0, 0.1) is 23.7 Å². The molecular formula is C17H28O. The maximum Gasteiger partial charge on any atom is 0.115 e. The predicted molar refractivity (Wildman–Crippen MR) is 76.2 cm³/mol. The second-order valence-electron chi connectivity index (χ2n) is 6.28. The fraction of sp³-hybridized carbons (Fsp3) is 0.882. The Balaban J connectivity index is 1.64. The summed E-state index contributed by atoms with van der Waals surface area (Å²) in [6, 6.07) is 0. The molecule has 0 saturated heterocycles. The van der Waals surface area contributed by atoms with Gasteiger partial charge in [-0.1, -0.05) is 57.3 Å². The van der Waals surface area contributed by atoms with Crippen LogP contribution < -0.4 is 0 Å². The zero-order valence-corrected chi connectivity index (χ0v) is 11.7. The molecule has 18 heavy (non-hydrogen) atoms. The summed E-state index contributed by atoms with van der Waals surface area (Å²) in [4.78, 5) is 0. The van der Waals surface area contributed by atoms with E-state index in [1.807, 2.05) is 0 Å². The lowest BCUT2D eigenvalue weighted by molar-refractivity contribution is 0.177. The predicted octanol–water partition coefficient (Wildman–Crippen LogP) is 4.29. The summed E-state index contributed by atoms with van der Waals surface area (Å²) in [5, 5.41) is 9.96. The molecule has 0 amide bonds. The second-order valence-corrected chi connectivity index (χ2v) is 6.28. The Morgan fingerprint density at radius 3 is 2.00 bits per heavy atom. The van der Waals surface area contributed by atoms with Crippen LogP contribution in [0.5, 0.6) is 0 Å². The average molecular weight is 248 g/mol. The minimum atomic E-state index is -0.364. The molecule has 0 heterocycles. The fourth-order valence-electron chi connectivity index (χ4n) is 3.51. The molecule has 0 radical (unpaired) electrons. The smallest absolute Gasteiger partial charge is 0.115 e. The van der Waals surface area contributed by atoms with E-state index in [9.17, 15) is 5.11 Å². The van der Waals surface area contributed by atoms with Crippen molar-refractivity contribution in [3.63, 3.8) is 0 Å². The quantitative estimate of drug-likeness (QED) is 0.739. The maximum atomic E-state index is 9.96. The van der Waals surface area contributed by atoms with Gasteiger partial charge in [-0.15, -0.1) is 5.92 Å². The molecule has 0 bridgehead atoms. The molecule has 2 fully saturated rings. The first-order chi connectivity index (χ1) is 8.84. The third kappa shape index (κ3) is 5.02. The van der Waals surface area contributed by atoms with Gasteiger partial charge in [0.05, 0.1) is 0 Å². The molecule has 1 nitrogen and oxygen atoms in total. The molecule has 0 aliphatic heterocycles. The van der Waals surface area contributed by atoms with Crippen LogP contribution in [0.15, 0.2) is 0 Å². The summed E-state index contributed by atoms with van der Waals surface area (Å²) >= 11 is 0. The van der Waals surface area contributed by atoms with Gasteiger partial charge in [-0.25, -0.2) is 0 Å². The summed E-state index contributed by atoms with van der Waals surface area (Å²) in [5.41, 5.74) is 0. The minimum Gasteiger partial charge on any atom is -0.380 e. The van der Waals surface area contributed by atoms with Gasteiger partial charge in [-0.2, -0.15) is 0 Å². The van der Waals surface area contributed by atoms with Gasteiger partial charge in [0.1, 0.15) is 6.10 Å². The molecular weight excluding hydrogens is 220 g/mol. The number of rotatable bonds is 3. The van der Waals surface area contributed by atoms with Crippen LogP contribution in [0.25, 0.3) is 0 Å². The zero-order valence-electron chi connectivity index (χ0n) is 11.7. The van der Waals surface area contributed by atoms with E-state index in [4.69, 9.17) is 0 Å². The Morgan fingerprint density at radius 1 is 0.833 bits per heavy atom. The van der Waals surface area contributed by atoms with E-state index in [0.717, 1.165) is 24.7 Å². The monoisotopic (exact) mass is 248 g/mol. The highest BCUT2D eigenvalue weighted by Crippen LogP contribution is 2.27. The highest BCUT2D eigenvalue weighted by atomic mass is 16.3. The molecule has 1 heteroatoms. The molecule has 0 unspecified atom stereocenters. The summed E-state index contributed by atoms with van der Waals surface area (Å²) in [6.45, 7) is 0. The van der Waals surface area contributed by atoms with E-state index in [-0.39, 0.29) is 6.10 Å². The lowest BCUT2D eigenvalue weighted by Gasteiger charge is -2.22. The summed E-state index contributed by atoms with van der Waals surface area (Å²) in [7, 11) is 0. The zero-order chi connectivity index (χ0) is 12.6. The largest absolute Gasteiger partial charge is 0.380 e. The van der Waals surface area contributed by atoms with Gasteiger partial charge in [-0.3, -0.25) is 0 Å². The Bertz CT molecular complexity index is 274. The molecule has 2 rings (SSSR count). The molecule has 2 aliphatic carbocycles. The molecule has 102 valence electrons. The summed E-state index contributed by atoms with van der Waals surface area (Å²) in [6.07, 6.45) is 15.2. The van der Waals surface area contributed by atoms with E-state index < -0.39 is 0 Å². The Labute approximate surface area is 112 Å². The second kappa shape index (κ2) is 7.85. The van der Waals surface area contributed by atoms with E-state index in [1.165, 1.54) is 64.2 Å². The molecule has 0 aromatic heterocycles. The van der Waals surface area contributed by atoms with Crippen LogP contribution >= 0.6 is 0 Å². The number of aliphatic hydroxyl groups is 1. The van der Waals surface area contributed by atoms with Crippen LogP contribution in [-0.2, 0) is 0 Å². The molecule has 2 aliphatic rings. The van der Waals surface area contributed by atoms with Crippen molar-refractivity contribution in [2.45, 2.75) is 83.2 Å². The summed E-state index contributed by atoms with van der Waals surface area (Å²) in [5.74, 6) is 7.87. The van der Waals surface area contributed by atoms with Crippen LogP contribution in [0.3, 0.4) is 0 Å². The van der Waals surface area contributed by atoms with Crippen LogP contribution in [-0.4, -0.2) is 11.2 Å². The first kappa shape index (κ1) is 13.9. The van der Waals surface area contributed by atoms with Crippen LogP contribution in [0.4, 0.5) is 0 Å². The number of hydrogen-bond donors (Lipinski definition) is 1. The number of aliphatic hydroxyl groups excluding tert-OH is 1. The lowest BCUT2D eigenvalue weighted by Crippen LogP contribution is -2.14. The average Bonchev–Trinajstić information content (AvgIpc) is 2.41. The van der Waals surface area contributed by atoms with Crippen molar-refractivity contribution in [2.75, 3.05) is 0 Å². The third-order valence-electron chi connectivity index (χ3n) is 4.67. The van der Waals surface area contributed by atoms with Crippen LogP contribution in [0.1, 0.15) is 77.0 Å². The van der Waals surface area contributed by atoms with E-state index in [1.54, 1.807) is 0 Å². The first-order valence-corrected chi connectivity index (χ1v) is 8.01. The van der Waals surface area contributed by atoms with Crippen molar-refractivity contribution in [1.29, 1.82) is 0 Å². The first-order valence-electron chi connectivity index (χ1n) is 8.01. The maximum absolute atomic E-state index is 9.96. The molecule has 1 N–H and O–H groups in total. The fourth-order valence-corrected chi connectivity index (χ4v) is 3.51. The summed E-state index contributed by atoms with van der Waals surface area (Å²) < 4.78 is 0. The Kier molecular flexibility index (Phi) is 6.08. The van der Waals surface area contributed by atoms with Crippen LogP contribution in [0.2, 0.25) is 0 Å². The van der Waals surface area contributed by atoms with Crippen molar-refractivity contribution in [1.82, 2.24) is 0 Å². The van der Waals surface area contributed by atoms with Gasteiger partial charge >= 0.3 is 0 Å². The van der Waals surface area contributed by atoms with Crippen molar-refractivity contribution >= 4 is 0 Å². The lowest BCUT2D eigenvalue weighted by atomic mass is 9.85. The highest BCUT2D eigenvalue weighted by Gasteiger charge is 2.16. The van der Waals surface area contributed by atoms with E-state index in [2.05, 4.69) is 11.8 Å². The molecule has 0 spiro atoms. The van der Waals surface area contributed by atoms with Crippen molar-refractivity contribution in [2.24, 2.45) is 11.8 Å². The highest BCUT2D eigenvalue weighted by molar-refractivity contribution is 5.05. The molecule has 2 saturated carbocycles. The van der Waals surface area contributed by atoms with E-state index >= 15 is 0 Å². The standard InChI is InChI=1S/C17H28O/c18-17(14-16-10-5-2-6-11-16)13-7-12-15-8-3-1-4-9-15/h15-18H,1-6,8-12,14H2/t17-/m0/s1. The van der Waals surface area contributed by atoms with Crippen molar-refractivity contribution in [3.8, 4) is 11.8 Å². The van der Waals surface area contributed by atoms with Gasteiger partial charge in [0.25, 0.3) is 0 Å². The topological polar surface area (TPSA) is 20.2 Å². The SMILES string of the molecule is O[C@@H](C#CCC1CCCCC1)CC1CCCCC1. The van der Waals surface area contributed by atoms with Gasteiger partial charge in [0.2, 0.25) is 0 Å². The molecule has 1 atom stereocenters. The Morgan fingerprint density at radius 2 is 1.39 bits per heavy atom. The third-order valence-corrected chi connectivity index (χ3v) is 4.67. The van der Waals surface area contributed by atoms with Gasteiger partial charge in [0.15, 0.2) is 0 Å². The van der Waals surface area contributed by atoms with Gasteiger partial charge in [0, 0.05) is 6.42 Å².